The number of nitrogens with zero attached hydrogens (tertiary/aromatic N) is 3. The maximum atomic E-state index is 12.5. The molecule has 26 heavy (non-hydrogen) atoms. The third kappa shape index (κ3) is 4.20. The first-order chi connectivity index (χ1) is 12.7. The predicted octanol–water partition coefficient (Wildman–Crippen LogP) is 2.01. The number of hydrogen-bond donors (Lipinski definition) is 0. The Morgan fingerprint density at radius 2 is 1.65 bits per heavy atom. The smallest absolute Gasteiger partial charge is 0.254 e. The quantitative estimate of drug-likeness (QED) is 0.825. The van der Waals surface area contributed by atoms with Crippen LogP contribution in [-0.4, -0.2) is 59.9 Å². The number of carbonyl (C=O) groups is 2. The van der Waals surface area contributed by atoms with Crippen LogP contribution in [0.2, 0.25) is 0 Å². The standard InChI is InChI=1S/C20H23N3O3/c1-26-18-5-3-2-4-16(18)6-7-19(24)22-12-14-23(15-13-22)20(25)17-8-10-21-11-9-17/h2-5,8-11H,6-7,12-15H2,1H3. The molecule has 2 aromatic rings. The van der Waals surface area contributed by atoms with E-state index in [9.17, 15) is 9.59 Å². The fraction of sp³-hybridized carbons (Fsp3) is 0.350. The summed E-state index contributed by atoms with van der Waals surface area (Å²) in [7, 11) is 1.64. The van der Waals surface area contributed by atoms with Crippen LogP contribution in [0.4, 0.5) is 0 Å². The number of rotatable bonds is 5. The van der Waals surface area contributed by atoms with Gasteiger partial charge in [-0.1, -0.05) is 18.2 Å². The summed E-state index contributed by atoms with van der Waals surface area (Å²) in [6.45, 7) is 2.26. The molecule has 1 fully saturated rings. The predicted molar refractivity (Wildman–Crippen MR) is 98.0 cm³/mol. The lowest BCUT2D eigenvalue weighted by Crippen LogP contribution is -2.50. The third-order valence-corrected chi connectivity index (χ3v) is 4.65. The van der Waals surface area contributed by atoms with Crippen LogP contribution in [0.3, 0.4) is 0 Å². The Balaban J connectivity index is 1.50. The van der Waals surface area contributed by atoms with Crippen LogP contribution in [0.5, 0.6) is 5.75 Å². The summed E-state index contributed by atoms with van der Waals surface area (Å²) in [5, 5.41) is 0. The SMILES string of the molecule is COc1ccccc1CCC(=O)N1CCN(C(=O)c2ccncc2)CC1. The van der Waals surface area contributed by atoms with E-state index in [0.29, 0.717) is 44.6 Å². The number of ether oxygens (including phenoxy) is 1. The molecular weight excluding hydrogens is 330 g/mol. The second kappa shape index (κ2) is 8.47. The molecule has 6 heteroatoms. The average molecular weight is 353 g/mol. The van der Waals surface area contributed by atoms with E-state index in [0.717, 1.165) is 11.3 Å². The van der Waals surface area contributed by atoms with E-state index in [1.165, 1.54) is 0 Å². The van der Waals surface area contributed by atoms with E-state index in [1.807, 2.05) is 29.2 Å². The molecule has 0 unspecified atom stereocenters. The van der Waals surface area contributed by atoms with Gasteiger partial charge in [0, 0.05) is 50.6 Å². The van der Waals surface area contributed by atoms with Crippen molar-refractivity contribution in [3.63, 3.8) is 0 Å². The van der Waals surface area contributed by atoms with Crippen LogP contribution in [0.15, 0.2) is 48.8 Å². The van der Waals surface area contributed by atoms with Crippen molar-refractivity contribution in [2.75, 3.05) is 33.3 Å². The van der Waals surface area contributed by atoms with Gasteiger partial charge < -0.3 is 14.5 Å². The highest BCUT2D eigenvalue weighted by molar-refractivity contribution is 5.94. The highest BCUT2D eigenvalue weighted by atomic mass is 16.5. The first-order valence-corrected chi connectivity index (χ1v) is 8.78. The summed E-state index contributed by atoms with van der Waals surface area (Å²) in [4.78, 5) is 32.5. The molecule has 6 nitrogen and oxygen atoms in total. The van der Waals surface area contributed by atoms with Crippen molar-refractivity contribution in [3.05, 3.63) is 59.9 Å². The molecule has 0 radical (unpaired) electrons. The summed E-state index contributed by atoms with van der Waals surface area (Å²) in [5.41, 5.74) is 1.67. The lowest BCUT2D eigenvalue weighted by molar-refractivity contribution is -0.132. The van der Waals surface area contributed by atoms with E-state index < -0.39 is 0 Å². The van der Waals surface area contributed by atoms with Gasteiger partial charge in [0.25, 0.3) is 5.91 Å². The molecule has 136 valence electrons. The van der Waals surface area contributed by atoms with Crippen molar-refractivity contribution in [3.8, 4) is 5.75 Å². The number of pyridine rings is 1. The first kappa shape index (κ1) is 17.9. The number of amides is 2. The van der Waals surface area contributed by atoms with Gasteiger partial charge in [-0.05, 0) is 30.2 Å². The highest BCUT2D eigenvalue weighted by Crippen LogP contribution is 2.19. The number of carbonyl (C=O) groups excluding carboxylic acids is 2. The number of para-hydroxylation sites is 1. The Morgan fingerprint density at radius 1 is 1.00 bits per heavy atom. The van der Waals surface area contributed by atoms with Crippen molar-refractivity contribution in [2.24, 2.45) is 0 Å². The van der Waals surface area contributed by atoms with Gasteiger partial charge in [-0.2, -0.15) is 0 Å². The number of hydrogen-bond acceptors (Lipinski definition) is 4. The minimum atomic E-state index is -0.00600. The van der Waals surface area contributed by atoms with Gasteiger partial charge >= 0.3 is 0 Å². The Labute approximate surface area is 153 Å². The Bertz CT molecular complexity index is 756. The van der Waals surface area contributed by atoms with Crippen LogP contribution < -0.4 is 4.74 Å². The van der Waals surface area contributed by atoms with Gasteiger partial charge in [-0.15, -0.1) is 0 Å². The van der Waals surface area contributed by atoms with Crippen molar-refractivity contribution in [1.82, 2.24) is 14.8 Å². The van der Waals surface area contributed by atoms with Crippen LogP contribution >= 0.6 is 0 Å². The molecule has 0 bridgehead atoms. The summed E-state index contributed by atoms with van der Waals surface area (Å²) >= 11 is 0. The Hall–Kier alpha value is -2.89. The van der Waals surface area contributed by atoms with Gasteiger partial charge in [0.15, 0.2) is 0 Å². The van der Waals surface area contributed by atoms with Crippen molar-refractivity contribution < 1.29 is 14.3 Å². The molecule has 2 amide bonds. The fourth-order valence-electron chi connectivity index (χ4n) is 3.15. The molecule has 0 saturated carbocycles. The second-order valence-corrected chi connectivity index (χ2v) is 6.22. The Morgan fingerprint density at radius 3 is 2.35 bits per heavy atom. The minimum Gasteiger partial charge on any atom is -0.496 e. The molecule has 0 N–H and O–H groups in total. The monoisotopic (exact) mass is 353 g/mol. The number of aryl methyl sites for hydroxylation is 1. The van der Waals surface area contributed by atoms with Gasteiger partial charge in [0.2, 0.25) is 5.91 Å². The summed E-state index contributed by atoms with van der Waals surface area (Å²) in [6.07, 6.45) is 4.33. The summed E-state index contributed by atoms with van der Waals surface area (Å²) in [5.74, 6) is 0.925. The number of benzene rings is 1. The molecular formula is C20H23N3O3. The topological polar surface area (TPSA) is 62.7 Å². The molecule has 2 heterocycles. The van der Waals surface area contributed by atoms with Crippen LogP contribution in [-0.2, 0) is 11.2 Å². The molecule has 3 rings (SSSR count). The largest absolute Gasteiger partial charge is 0.496 e. The molecule has 0 spiro atoms. The molecule has 0 aliphatic carbocycles. The summed E-state index contributed by atoms with van der Waals surface area (Å²) in [6, 6.07) is 11.2. The van der Waals surface area contributed by atoms with Crippen molar-refractivity contribution in [1.29, 1.82) is 0 Å². The molecule has 1 saturated heterocycles. The number of piperazine rings is 1. The van der Waals surface area contributed by atoms with Gasteiger partial charge in [0.05, 0.1) is 7.11 Å². The molecule has 1 aliphatic heterocycles. The molecule has 0 atom stereocenters. The van der Waals surface area contributed by atoms with Gasteiger partial charge in [-0.25, -0.2) is 0 Å². The number of aromatic nitrogens is 1. The lowest BCUT2D eigenvalue weighted by atomic mass is 10.1. The van der Waals surface area contributed by atoms with E-state index in [4.69, 9.17) is 4.74 Å². The van der Waals surface area contributed by atoms with E-state index >= 15 is 0 Å². The third-order valence-electron chi connectivity index (χ3n) is 4.65. The molecule has 1 aromatic carbocycles. The highest BCUT2D eigenvalue weighted by Gasteiger charge is 2.24. The zero-order chi connectivity index (χ0) is 18.4. The van der Waals surface area contributed by atoms with Crippen molar-refractivity contribution >= 4 is 11.8 Å². The zero-order valence-corrected chi connectivity index (χ0v) is 14.9. The Kier molecular flexibility index (Phi) is 5.84. The maximum Gasteiger partial charge on any atom is 0.254 e. The van der Waals surface area contributed by atoms with E-state index in [-0.39, 0.29) is 11.8 Å². The van der Waals surface area contributed by atoms with Crippen molar-refractivity contribution in [2.45, 2.75) is 12.8 Å². The van der Waals surface area contributed by atoms with Gasteiger partial charge in [-0.3, -0.25) is 14.6 Å². The lowest BCUT2D eigenvalue weighted by Gasteiger charge is -2.35. The molecule has 1 aliphatic rings. The van der Waals surface area contributed by atoms with Gasteiger partial charge in [0.1, 0.15) is 5.75 Å². The number of methoxy groups -OCH3 is 1. The van der Waals surface area contributed by atoms with Crippen LogP contribution in [0, 0.1) is 0 Å². The zero-order valence-electron chi connectivity index (χ0n) is 14.9. The average Bonchev–Trinajstić information content (AvgIpc) is 2.72. The first-order valence-electron chi connectivity index (χ1n) is 8.78. The second-order valence-electron chi connectivity index (χ2n) is 6.22. The summed E-state index contributed by atoms with van der Waals surface area (Å²) < 4.78 is 5.33. The fourth-order valence-corrected chi connectivity index (χ4v) is 3.15. The van der Waals surface area contributed by atoms with E-state index in [1.54, 1.807) is 36.5 Å². The minimum absolute atomic E-state index is 0.00600. The van der Waals surface area contributed by atoms with E-state index in [2.05, 4.69) is 4.98 Å². The maximum absolute atomic E-state index is 12.5. The van der Waals surface area contributed by atoms with Crippen LogP contribution in [0.25, 0.3) is 0 Å². The molecule has 1 aromatic heterocycles. The van der Waals surface area contributed by atoms with Crippen LogP contribution in [0.1, 0.15) is 22.3 Å². The normalized spacial score (nSPS) is 14.2.